The summed E-state index contributed by atoms with van der Waals surface area (Å²) >= 11 is 0. The number of para-hydroxylation sites is 1. The molecule has 1 aromatic carbocycles. The number of hydrogen-bond donors (Lipinski definition) is 1. The van der Waals surface area contributed by atoms with Crippen LogP contribution in [0.15, 0.2) is 34.7 Å². The van der Waals surface area contributed by atoms with Gasteiger partial charge < -0.3 is 14.5 Å². The minimum atomic E-state index is 0.160. The molecule has 0 saturated carbocycles. The highest BCUT2D eigenvalue weighted by Crippen LogP contribution is 2.33. The largest absolute Gasteiger partial charge is 0.459 e. The van der Waals surface area contributed by atoms with Crippen LogP contribution in [-0.2, 0) is 4.74 Å². The van der Waals surface area contributed by atoms with Crippen LogP contribution < -0.4 is 5.32 Å². The quantitative estimate of drug-likeness (QED) is 0.892. The Kier molecular flexibility index (Phi) is 4.08. The summed E-state index contributed by atoms with van der Waals surface area (Å²) in [6.07, 6.45) is 3.92. The van der Waals surface area contributed by atoms with Gasteiger partial charge in [0.15, 0.2) is 0 Å². The lowest BCUT2D eigenvalue weighted by Crippen LogP contribution is -2.32. The second-order valence-electron chi connectivity index (χ2n) is 5.68. The third-order valence-electron chi connectivity index (χ3n) is 4.00. The molecule has 108 valence electrons. The van der Waals surface area contributed by atoms with Gasteiger partial charge in [0.1, 0.15) is 11.3 Å². The Balaban J connectivity index is 1.87. The monoisotopic (exact) mass is 273 g/mol. The van der Waals surface area contributed by atoms with E-state index < -0.39 is 0 Å². The van der Waals surface area contributed by atoms with E-state index in [-0.39, 0.29) is 12.1 Å². The first-order chi connectivity index (χ1) is 9.78. The van der Waals surface area contributed by atoms with E-state index in [1.165, 1.54) is 0 Å². The molecule has 0 radical (unpaired) electrons. The molecular formula is C17H23NO2. The van der Waals surface area contributed by atoms with Gasteiger partial charge >= 0.3 is 0 Å². The molecule has 2 heterocycles. The zero-order valence-electron chi connectivity index (χ0n) is 12.3. The summed E-state index contributed by atoms with van der Waals surface area (Å²) in [5.41, 5.74) is 0.955. The Morgan fingerprint density at radius 1 is 1.30 bits per heavy atom. The highest BCUT2D eigenvalue weighted by molar-refractivity contribution is 5.77. The lowest BCUT2D eigenvalue weighted by molar-refractivity contribution is 0.0271. The summed E-state index contributed by atoms with van der Waals surface area (Å²) in [5.74, 6) is 0.999. The van der Waals surface area contributed by atoms with Gasteiger partial charge in [0.25, 0.3) is 0 Å². The van der Waals surface area contributed by atoms with Crippen molar-refractivity contribution in [3.63, 3.8) is 0 Å². The summed E-state index contributed by atoms with van der Waals surface area (Å²) in [6, 6.07) is 10.5. The molecule has 3 rings (SSSR count). The third-order valence-corrected chi connectivity index (χ3v) is 4.00. The molecule has 3 heteroatoms. The van der Waals surface area contributed by atoms with Crippen molar-refractivity contribution in [3.8, 4) is 0 Å². The number of rotatable bonds is 5. The zero-order valence-corrected chi connectivity index (χ0v) is 12.3. The van der Waals surface area contributed by atoms with E-state index in [0.29, 0.717) is 6.10 Å². The average Bonchev–Trinajstić information content (AvgIpc) is 3.05. The van der Waals surface area contributed by atoms with E-state index in [1.54, 1.807) is 0 Å². The molecule has 20 heavy (non-hydrogen) atoms. The standard InChI is InChI=1S/C17H23NO2/c1-3-10-18-17(15-9-8-12(2)19-15)16-11-13-6-4-5-7-14(13)20-16/h4-7,11-12,15,17-18H,3,8-10H2,1-2H3. The molecule has 1 aliphatic rings. The summed E-state index contributed by atoms with van der Waals surface area (Å²) in [4.78, 5) is 0. The molecule has 0 aliphatic carbocycles. The Bertz CT molecular complexity index is 530. The van der Waals surface area contributed by atoms with Crippen molar-refractivity contribution in [1.29, 1.82) is 0 Å². The van der Waals surface area contributed by atoms with E-state index in [9.17, 15) is 0 Å². The second-order valence-corrected chi connectivity index (χ2v) is 5.68. The van der Waals surface area contributed by atoms with Crippen molar-refractivity contribution in [2.45, 2.75) is 51.4 Å². The molecule has 0 spiro atoms. The predicted octanol–water partition coefficient (Wildman–Crippen LogP) is 4.04. The Hall–Kier alpha value is -1.32. The number of hydrogen-bond acceptors (Lipinski definition) is 3. The van der Waals surface area contributed by atoms with Crippen LogP contribution in [0.3, 0.4) is 0 Å². The van der Waals surface area contributed by atoms with Gasteiger partial charge in [-0.25, -0.2) is 0 Å². The van der Waals surface area contributed by atoms with Crippen LogP contribution >= 0.6 is 0 Å². The average molecular weight is 273 g/mol. The van der Waals surface area contributed by atoms with Crippen LogP contribution in [-0.4, -0.2) is 18.8 Å². The molecule has 0 bridgehead atoms. The fourth-order valence-electron chi connectivity index (χ4n) is 2.95. The van der Waals surface area contributed by atoms with Crippen molar-refractivity contribution < 1.29 is 9.15 Å². The first-order valence-corrected chi connectivity index (χ1v) is 7.65. The zero-order chi connectivity index (χ0) is 13.9. The lowest BCUT2D eigenvalue weighted by atomic mass is 10.0. The number of ether oxygens (including phenoxy) is 1. The molecule has 3 nitrogen and oxygen atoms in total. The summed E-state index contributed by atoms with van der Waals surface area (Å²) < 4.78 is 12.1. The van der Waals surface area contributed by atoms with Crippen LogP contribution in [0.25, 0.3) is 11.0 Å². The maximum atomic E-state index is 6.05. The summed E-state index contributed by atoms with van der Waals surface area (Å²) in [5, 5.41) is 4.75. The normalized spacial score (nSPS) is 24.3. The van der Waals surface area contributed by atoms with Crippen molar-refractivity contribution >= 4 is 11.0 Å². The fourth-order valence-corrected chi connectivity index (χ4v) is 2.95. The number of nitrogens with one attached hydrogen (secondary N) is 1. The number of benzene rings is 1. The van der Waals surface area contributed by atoms with Crippen molar-refractivity contribution in [2.24, 2.45) is 0 Å². The molecule has 1 aromatic heterocycles. The molecule has 1 N–H and O–H groups in total. The van der Waals surface area contributed by atoms with Crippen LogP contribution in [0.1, 0.15) is 44.9 Å². The van der Waals surface area contributed by atoms with Gasteiger partial charge in [-0.1, -0.05) is 25.1 Å². The highest BCUT2D eigenvalue weighted by Gasteiger charge is 2.32. The van der Waals surface area contributed by atoms with Crippen molar-refractivity contribution in [2.75, 3.05) is 6.54 Å². The maximum absolute atomic E-state index is 6.05. The highest BCUT2D eigenvalue weighted by atomic mass is 16.5. The first-order valence-electron chi connectivity index (χ1n) is 7.65. The van der Waals surface area contributed by atoms with Gasteiger partial charge in [-0.3, -0.25) is 0 Å². The number of fused-ring (bicyclic) bond motifs is 1. The predicted molar refractivity (Wildman–Crippen MR) is 80.8 cm³/mol. The van der Waals surface area contributed by atoms with Crippen molar-refractivity contribution in [3.05, 3.63) is 36.1 Å². The number of furan rings is 1. The van der Waals surface area contributed by atoms with Crippen LogP contribution in [0, 0.1) is 0 Å². The molecule has 2 aromatic rings. The summed E-state index contributed by atoms with van der Waals surface area (Å²) in [7, 11) is 0. The topological polar surface area (TPSA) is 34.4 Å². The van der Waals surface area contributed by atoms with E-state index in [0.717, 1.165) is 42.5 Å². The van der Waals surface area contributed by atoms with E-state index in [2.05, 4.69) is 31.3 Å². The van der Waals surface area contributed by atoms with Gasteiger partial charge in [0.2, 0.25) is 0 Å². The molecule has 3 unspecified atom stereocenters. The van der Waals surface area contributed by atoms with Crippen LogP contribution in [0.5, 0.6) is 0 Å². The molecule has 0 amide bonds. The minimum absolute atomic E-state index is 0.160. The Labute approximate surface area is 120 Å². The fraction of sp³-hybridized carbons (Fsp3) is 0.529. The second kappa shape index (κ2) is 5.98. The van der Waals surface area contributed by atoms with Crippen molar-refractivity contribution in [1.82, 2.24) is 5.32 Å². The minimum Gasteiger partial charge on any atom is -0.459 e. The van der Waals surface area contributed by atoms with Gasteiger partial charge in [0.05, 0.1) is 18.2 Å². The first kappa shape index (κ1) is 13.7. The summed E-state index contributed by atoms with van der Waals surface area (Å²) in [6.45, 7) is 5.31. The van der Waals surface area contributed by atoms with E-state index >= 15 is 0 Å². The van der Waals surface area contributed by atoms with Crippen LogP contribution in [0.2, 0.25) is 0 Å². The Morgan fingerprint density at radius 3 is 2.85 bits per heavy atom. The van der Waals surface area contributed by atoms with Gasteiger partial charge in [-0.15, -0.1) is 0 Å². The van der Waals surface area contributed by atoms with Gasteiger partial charge in [0, 0.05) is 5.39 Å². The molecule has 1 aliphatic heterocycles. The maximum Gasteiger partial charge on any atom is 0.134 e. The molecule has 3 atom stereocenters. The molecule has 1 saturated heterocycles. The third kappa shape index (κ3) is 2.74. The van der Waals surface area contributed by atoms with Gasteiger partial charge in [-0.2, -0.15) is 0 Å². The van der Waals surface area contributed by atoms with E-state index in [4.69, 9.17) is 9.15 Å². The van der Waals surface area contributed by atoms with Crippen LogP contribution in [0.4, 0.5) is 0 Å². The molecular weight excluding hydrogens is 250 g/mol. The molecule has 1 fully saturated rings. The lowest BCUT2D eigenvalue weighted by Gasteiger charge is -2.23. The van der Waals surface area contributed by atoms with E-state index in [1.807, 2.05) is 18.2 Å². The van der Waals surface area contributed by atoms with Gasteiger partial charge in [-0.05, 0) is 44.9 Å². The SMILES string of the molecule is CCCNC(c1cc2ccccc2o1)C1CCC(C)O1. The Morgan fingerprint density at radius 2 is 2.15 bits per heavy atom. The smallest absolute Gasteiger partial charge is 0.134 e.